The summed E-state index contributed by atoms with van der Waals surface area (Å²) < 4.78 is 19.6. The number of amides is 1. The third kappa shape index (κ3) is 5.06. The summed E-state index contributed by atoms with van der Waals surface area (Å²) >= 11 is 0. The summed E-state index contributed by atoms with van der Waals surface area (Å²) in [5.41, 5.74) is 2.66. The number of pyridine rings is 1. The highest BCUT2D eigenvalue weighted by molar-refractivity contribution is 5.78. The highest BCUT2D eigenvalue weighted by Crippen LogP contribution is 2.39. The average Bonchev–Trinajstić information content (AvgIpc) is 2.69. The molecule has 1 fully saturated rings. The van der Waals surface area contributed by atoms with Crippen LogP contribution in [-0.2, 0) is 27.2 Å². The molecule has 0 N–H and O–H groups in total. The number of hydrogen-bond acceptors (Lipinski definition) is 5. The number of piperidine rings is 1. The lowest BCUT2D eigenvalue weighted by molar-refractivity contribution is -0.191. The van der Waals surface area contributed by atoms with Gasteiger partial charge in [0.05, 0.1) is 6.42 Å². The van der Waals surface area contributed by atoms with Crippen LogP contribution < -0.4 is 4.74 Å². The lowest BCUT2D eigenvalue weighted by atomic mass is 9.83. The first-order chi connectivity index (χ1) is 13.9. The van der Waals surface area contributed by atoms with E-state index in [1.165, 1.54) is 6.07 Å². The zero-order chi connectivity index (χ0) is 20.9. The molecule has 0 atom stereocenters. The highest BCUT2D eigenvalue weighted by Gasteiger charge is 2.40. The van der Waals surface area contributed by atoms with Gasteiger partial charge in [0.25, 0.3) is 0 Å². The van der Waals surface area contributed by atoms with E-state index in [2.05, 4.69) is 4.98 Å². The Morgan fingerprint density at radius 2 is 1.93 bits per heavy atom. The number of hydrogen-bond donors (Lipinski definition) is 0. The zero-order valence-corrected chi connectivity index (χ0v) is 16.3. The average molecular weight is 398 g/mol. The molecule has 0 saturated carbocycles. The molecule has 0 bridgehead atoms. The second-order valence-electron chi connectivity index (χ2n) is 7.50. The Morgan fingerprint density at radius 1 is 1.21 bits per heavy atom. The number of fused-ring (bicyclic) bond motifs is 1. The number of rotatable bonds is 2. The summed E-state index contributed by atoms with van der Waals surface area (Å²) in [4.78, 5) is 35.0. The van der Waals surface area contributed by atoms with Gasteiger partial charge >= 0.3 is 6.15 Å². The smallest absolute Gasteiger partial charge is 0.373 e. The Hall–Kier alpha value is -3.05. The molecule has 1 aromatic carbocycles. The molecule has 4 rings (SSSR count). The summed E-state index contributed by atoms with van der Waals surface area (Å²) in [5.74, 6) is 0.700. The van der Waals surface area contributed by atoms with Crippen LogP contribution in [0.2, 0.25) is 0 Å². The maximum absolute atomic E-state index is 13.4. The van der Waals surface area contributed by atoms with Crippen LogP contribution in [0.25, 0.3) is 0 Å². The normalized spacial score (nSPS) is 16.7. The molecule has 7 heteroatoms. The Bertz CT molecular complexity index is 917. The van der Waals surface area contributed by atoms with Gasteiger partial charge < -0.3 is 9.64 Å². The Labute approximate surface area is 168 Å². The molecule has 0 aliphatic carbocycles. The summed E-state index contributed by atoms with van der Waals surface area (Å²) in [6.07, 6.45) is 5.68. The van der Waals surface area contributed by atoms with Crippen LogP contribution in [0.3, 0.4) is 0 Å². The van der Waals surface area contributed by atoms with Crippen molar-refractivity contribution in [2.45, 2.75) is 44.6 Å². The zero-order valence-electron chi connectivity index (χ0n) is 16.3. The fourth-order valence-corrected chi connectivity index (χ4v) is 3.97. The number of benzene rings is 1. The van der Waals surface area contributed by atoms with Crippen molar-refractivity contribution >= 4 is 12.1 Å². The van der Waals surface area contributed by atoms with Crippen LogP contribution in [-0.4, -0.2) is 40.6 Å². The number of aryl methyl sites for hydroxylation is 2. The minimum Gasteiger partial charge on any atom is -0.487 e. The molecule has 2 aliphatic heterocycles. The molecular weight excluding hydrogens is 375 g/mol. The fraction of sp³-hybridized carbons (Fsp3) is 0.409. The van der Waals surface area contributed by atoms with E-state index in [1.807, 2.05) is 24.0 Å². The second-order valence-corrected chi connectivity index (χ2v) is 7.50. The third-order valence-corrected chi connectivity index (χ3v) is 5.53. The molecule has 1 aromatic heterocycles. The van der Waals surface area contributed by atoms with E-state index in [4.69, 9.17) is 14.3 Å². The molecule has 3 heterocycles. The SMILES string of the molecule is Cc1ccnc(CC(=O)N2CCC3(CCc4cc(F)ccc4O3)CC2)c1.O=C=O. The number of carbonyl (C=O) groups excluding carboxylic acids is 3. The molecule has 2 aliphatic rings. The maximum Gasteiger partial charge on any atom is 0.373 e. The predicted octanol–water partition coefficient (Wildman–Crippen LogP) is 2.87. The van der Waals surface area contributed by atoms with Gasteiger partial charge in [-0.1, -0.05) is 0 Å². The summed E-state index contributed by atoms with van der Waals surface area (Å²) in [6.45, 7) is 3.40. The summed E-state index contributed by atoms with van der Waals surface area (Å²) in [5, 5.41) is 0. The van der Waals surface area contributed by atoms with Gasteiger partial charge in [0.2, 0.25) is 5.91 Å². The monoisotopic (exact) mass is 398 g/mol. The van der Waals surface area contributed by atoms with Crippen molar-refractivity contribution < 1.29 is 23.5 Å². The number of likely N-dealkylation sites (tertiary alicyclic amines) is 1. The van der Waals surface area contributed by atoms with Gasteiger partial charge in [-0.2, -0.15) is 9.59 Å². The molecule has 0 radical (unpaired) electrons. The van der Waals surface area contributed by atoms with Crippen molar-refractivity contribution in [1.82, 2.24) is 9.88 Å². The van der Waals surface area contributed by atoms with Gasteiger partial charge in [0.15, 0.2) is 0 Å². The molecule has 1 saturated heterocycles. The van der Waals surface area contributed by atoms with Gasteiger partial charge in [-0.15, -0.1) is 0 Å². The van der Waals surface area contributed by atoms with Gasteiger partial charge in [-0.05, 0) is 61.2 Å². The van der Waals surface area contributed by atoms with Gasteiger partial charge in [0.1, 0.15) is 17.2 Å². The van der Waals surface area contributed by atoms with Crippen molar-refractivity contribution in [2.24, 2.45) is 0 Å². The van der Waals surface area contributed by atoms with Crippen LogP contribution in [0.5, 0.6) is 5.75 Å². The van der Waals surface area contributed by atoms with Crippen molar-refractivity contribution in [3.63, 3.8) is 0 Å². The second kappa shape index (κ2) is 8.97. The largest absolute Gasteiger partial charge is 0.487 e. The van der Waals surface area contributed by atoms with E-state index >= 15 is 0 Å². The summed E-state index contributed by atoms with van der Waals surface area (Å²) in [6, 6.07) is 8.64. The predicted molar refractivity (Wildman–Crippen MR) is 102 cm³/mol. The molecule has 6 nitrogen and oxygen atoms in total. The van der Waals surface area contributed by atoms with Crippen molar-refractivity contribution in [3.05, 3.63) is 59.2 Å². The standard InChI is InChI=1S/C21H23FN2O2.CO2/c1-15-5-9-23-18(12-15)14-20(25)24-10-7-21(8-11-24)6-4-16-13-17(22)2-3-19(16)26-21;2-1-3/h2-3,5,9,12-13H,4,6-8,10-11,14H2,1H3;. The Balaban J connectivity index is 0.000000755. The van der Waals surface area contributed by atoms with Crippen LogP contribution in [0.1, 0.15) is 36.1 Å². The minimum atomic E-state index is -0.219. The van der Waals surface area contributed by atoms with Crippen molar-refractivity contribution in [1.29, 1.82) is 0 Å². The molecule has 1 spiro atoms. The van der Waals surface area contributed by atoms with E-state index in [1.54, 1.807) is 18.3 Å². The third-order valence-electron chi connectivity index (χ3n) is 5.53. The number of ether oxygens (including phenoxy) is 1. The first-order valence-corrected chi connectivity index (χ1v) is 9.61. The van der Waals surface area contributed by atoms with Crippen LogP contribution >= 0.6 is 0 Å². The lowest BCUT2D eigenvalue weighted by Crippen LogP contribution is -2.51. The van der Waals surface area contributed by atoms with Gasteiger partial charge in [-0.25, -0.2) is 4.39 Å². The minimum absolute atomic E-state index is 0.122. The van der Waals surface area contributed by atoms with Gasteiger partial charge in [-0.3, -0.25) is 9.78 Å². The molecule has 1 amide bonds. The maximum atomic E-state index is 13.4. The summed E-state index contributed by atoms with van der Waals surface area (Å²) in [7, 11) is 0. The van der Waals surface area contributed by atoms with E-state index in [9.17, 15) is 9.18 Å². The quantitative estimate of drug-likeness (QED) is 0.778. The van der Waals surface area contributed by atoms with E-state index in [-0.39, 0.29) is 23.5 Å². The molecular formula is C22H23FN2O4. The van der Waals surface area contributed by atoms with E-state index in [0.29, 0.717) is 19.5 Å². The first kappa shape index (κ1) is 20.7. The Morgan fingerprint density at radius 3 is 2.62 bits per heavy atom. The molecule has 29 heavy (non-hydrogen) atoms. The first-order valence-electron chi connectivity index (χ1n) is 9.61. The number of aromatic nitrogens is 1. The number of carbonyl (C=O) groups is 1. The molecule has 152 valence electrons. The van der Waals surface area contributed by atoms with Crippen LogP contribution in [0.4, 0.5) is 4.39 Å². The van der Waals surface area contributed by atoms with Gasteiger partial charge in [0, 0.05) is 37.8 Å². The molecule has 2 aromatic rings. The highest BCUT2D eigenvalue weighted by atomic mass is 19.1. The van der Waals surface area contributed by atoms with E-state index in [0.717, 1.165) is 48.3 Å². The van der Waals surface area contributed by atoms with Crippen LogP contribution in [0, 0.1) is 12.7 Å². The van der Waals surface area contributed by atoms with E-state index < -0.39 is 0 Å². The Kier molecular flexibility index (Phi) is 6.39. The van der Waals surface area contributed by atoms with Crippen molar-refractivity contribution in [3.8, 4) is 5.75 Å². The fourth-order valence-electron chi connectivity index (χ4n) is 3.97. The molecule has 0 unspecified atom stereocenters. The number of halogens is 1. The van der Waals surface area contributed by atoms with Crippen LogP contribution in [0.15, 0.2) is 36.5 Å². The number of nitrogens with zero attached hydrogens (tertiary/aromatic N) is 2. The lowest BCUT2D eigenvalue weighted by Gasteiger charge is -2.44. The van der Waals surface area contributed by atoms with Crippen molar-refractivity contribution in [2.75, 3.05) is 13.1 Å². The topological polar surface area (TPSA) is 76.6 Å².